The van der Waals surface area contributed by atoms with Crippen molar-refractivity contribution in [2.75, 3.05) is 11.9 Å². The molecule has 20 heavy (non-hydrogen) atoms. The van der Waals surface area contributed by atoms with Gasteiger partial charge in [0.2, 0.25) is 0 Å². The summed E-state index contributed by atoms with van der Waals surface area (Å²) in [5, 5.41) is 4.23. The van der Waals surface area contributed by atoms with Gasteiger partial charge in [-0.25, -0.2) is 9.37 Å². The van der Waals surface area contributed by atoms with Gasteiger partial charge in [0.1, 0.15) is 5.82 Å². The van der Waals surface area contributed by atoms with Crippen LogP contribution in [0.25, 0.3) is 10.2 Å². The van der Waals surface area contributed by atoms with E-state index in [1.807, 2.05) is 0 Å². The molecule has 0 aliphatic heterocycles. The molecule has 0 amide bonds. The Morgan fingerprint density at radius 2 is 2.00 bits per heavy atom. The molecule has 1 N–H and O–H groups in total. The van der Waals surface area contributed by atoms with Gasteiger partial charge in [0.15, 0.2) is 5.13 Å². The normalized spacial score (nSPS) is 11.4. The number of anilines is 1. The number of aromatic nitrogens is 1. The van der Waals surface area contributed by atoms with E-state index in [1.54, 1.807) is 12.1 Å². The summed E-state index contributed by atoms with van der Waals surface area (Å²) in [5.74, 6) is 0.620. The number of hydrogen-bond acceptors (Lipinski definition) is 3. The van der Waals surface area contributed by atoms with Crippen molar-refractivity contribution in [1.29, 1.82) is 0 Å². The first kappa shape index (κ1) is 15.2. The van der Waals surface area contributed by atoms with Crippen LogP contribution in [-0.2, 0) is 0 Å². The summed E-state index contributed by atoms with van der Waals surface area (Å²) in [6.07, 6.45) is 6.40. The van der Waals surface area contributed by atoms with Crippen LogP contribution in [0.15, 0.2) is 18.2 Å². The van der Waals surface area contributed by atoms with E-state index in [2.05, 4.69) is 24.1 Å². The maximum Gasteiger partial charge on any atom is 0.183 e. The molecule has 0 saturated carbocycles. The maximum atomic E-state index is 13.1. The Bertz CT molecular complexity index is 536. The van der Waals surface area contributed by atoms with Crippen LogP contribution in [-0.4, -0.2) is 11.5 Å². The van der Waals surface area contributed by atoms with E-state index >= 15 is 0 Å². The van der Waals surface area contributed by atoms with E-state index in [-0.39, 0.29) is 5.82 Å². The maximum absolute atomic E-state index is 13.1. The standard InChI is InChI=1S/C16H23FN2S/c1-12(2)7-5-3-4-6-10-18-16-19-14-9-8-13(17)11-15(14)20-16/h8-9,11-12H,3-7,10H2,1-2H3,(H,18,19). The molecule has 0 aliphatic rings. The van der Waals surface area contributed by atoms with Gasteiger partial charge in [0.05, 0.1) is 10.2 Å². The summed E-state index contributed by atoms with van der Waals surface area (Å²) in [7, 11) is 0. The quantitative estimate of drug-likeness (QED) is 0.654. The molecule has 0 aliphatic carbocycles. The monoisotopic (exact) mass is 294 g/mol. The Hall–Kier alpha value is -1.16. The summed E-state index contributed by atoms with van der Waals surface area (Å²) in [6.45, 7) is 5.50. The first-order chi connectivity index (χ1) is 9.65. The highest BCUT2D eigenvalue weighted by molar-refractivity contribution is 7.22. The molecule has 0 unspecified atom stereocenters. The third-order valence-electron chi connectivity index (χ3n) is 3.33. The van der Waals surface area contributed by atoms with Crippen molar-refractivity contribution < 1.29 is 4.39 Å². The number of hydrogen-bond donors (Lipinski definition) is 1. The number of benzene rings is 1. The van der Waals surface area contributed by atoms with Gasteiger partial charge in [-0.3, -0.25) is 0 Å². The van der Waals surface area contributed by atoms with Gasteiger partial charge in [-0.2, -0.15) is 0 Å². The highest BCUT2D eigenvalue weighted by Crippen LogP contribution is 2.26. The third-order valence-corrected chi connectivity index (χ3v) is 4.31. The molecule has 1 aromatic heterocycles. The zero-order valence-corrected chi connectivity index (χ0v) is 13.1. The molecule has 1 heterocycles. The number of fused-ring (bicyclic) bond motifs is 1. The van der Waals surface area contributed by atoms with Crippen molar-refractivity contribution in [3.63, 3.8) is 0 Å². The van der Waals surface area contributed by atoms with Crippen LogP contribution in [0, 0.1) is 11.7 Å². The predicted octanol–water partition coefficient (Wildman–Crippen LogP) is 5.45. The summed E-state index contributed by atoms with van der Waals surface area (Å²) in [6, 6.07) is 4.74. The van der Waals surface area contributed by atoms with Gasteiger partial charge in [-0.15, -0.1) is 0 Å². The molecule has 2 aromatic rings. The Morgan fingerprint density at radius 1 is 1.20 bits per heavy atom. The molecular weight excluding hydrogens is 271 g/mol. The Labute approximate surface area is 124 Å². The van der Waals surface area contributed by atoms with Crippen LogP contribution in [0.3, 0.4) is 0 Å². The largest absolute Gasteiger partial charge is 0.361 e. The van der Waals surface area contributed by atoms with Crippen molar-refractivity contribution in [3.05, 3.63) is 24.0 Å². The van der Waals surface area contributed by atoms with Gasteiger partial charge in [-0.1, -0.05) is 50.9 Å². The predicted molar refractivity (Wildman–Crippen MR) is 86.0 cm³/mol. The average molecular weight is 294 g/mol. The zero-order valence-electron chi connectivity index (χ0n) is 12.3. The van der Waals surface area contributed by atoms with E-state index < -0.39 is 0 Å². The van der Waals surface area contributed by atoms with E-state index in [0.29, 0.717) is 0 Å². The highest BCUT2D eigenvalue weighted by Gasteiger charge is 2.04. The lowest BCUT2D eigenvalue weighted by molar-refractivity contribution is 0.523. The minimum atomic E-state index is -0.196. The van der Waals surface area contributed by atoms with Gasteiger partial charge < -0.3 is 5.32 Å². The lowest BCUT2D eigenvalue weighted by atomic mass is 10.0. The number of halogens is 1. The Morgan fingerprint density at radius 3 is 2.80 bits per heavy atom. The van der Waals surface area contributed by atoms with Gasteiger partial charge in [0, 0.05) is 6.54 Å². The summed E-state index contributed by atoms with van der Waals surface area (Å²) in [5.41, 5.74) is 0.871. The number of thiazole rings is 1. The van der Waals surface area contributed by atoms with Crippen molar-refractivity contribution in [3.8, 4) is 0 Å². The molecule has 0 saturated heterocycles. The molecule has 4 heteroatoms. The SMILES string of the molecule is CC(C)CCCCCCNc1nc2ccc(F)cc2s1. The molecule has 2 nitrogen and oxygen atoms in total. The number of nitrogens with zero attached hydrogens (tertiary/aromatic N) is 1. The van der Waals surface area contributed by atoms with Crippen molar-refractivity contribution in [1.82, 2.24) is 4.98 Å². The van der Waals surface area contributed by atoms with Gasteiger partial charge >= 0.3 is 0 Å². The van der Waals surface area contributed by atoms with Crippen molar-refractivity contribution in [2.45, 2.75) is 46.0 Å². The molecule has 0 radical (unpaired) electrons. The zero-order chi connectivity index (χ0) is 14.4. The van der Waals surface area contributed by atoms with Crippen molar-refractivity contribution >= 4 is 26.7 Å². The number of rotatable bonds is 8. The molecule has 2 rings (SSSR count). The Balaban J connectivity index is 1.68. The fourth-order valence-corrected chi connectivity index (χ4v) is 3.12. The van der Waals surface area contributed by atoms with E-state index in [9.17, 15) is 4.39 Å². The average Bonchev–Trinajstić information content (AvgIpc) is 2.79. The second-order valence-electron chi connectivity index (χ2n) is 5.65. The van der Waals surface area contributed by atoms with Crippen LogP contribution in [0.1, 0.15) is 46.0 Å². The summed E-state index contributed by atoms with van der Waals surface area (Å²) in [4.78, 5) is 4.45. The fraction of sp³-hybridized carbons (Fsp3) is 0.562. The van der Waals surface area contributed by atoms with Crippen molar-refractivity contribution in [2.24, 2.45) is 5.92 Å². The first-order valence-corrected chi connectivity index (χ1v) is 8.27. The Kier molecular flexibility index (Phi) is 5.77. The van der Waals surface area contributed by atoms with Crippen LogP contribution in [0.5, 0.6) is 0 Å². The van der Waals surface area contributed by atoms with E-state index in [4.69, 9.17) is 0 Å². The number of nitrogens with one attached hydrogen (secondary N) is 1. The molecule has 0 bridgehead atoms. The smallest absolute Gasteiger partial charge is 0.183 e. The molecule has 0 spiro atoms. The van der Waals surface area contributed by atoms with Gasteiger partial charge in [-0.05, 0) is 30.5 Å². The number of unbranched alkanes of at least 4 members (excludes halogenated alkanes) is 3. The van der Waals surface area contributed by atoms with Gasteiger partial charge in [0.25, 0.3) is 0 Å². The van der Waals surface area contributed by atoms with E-state index in [0.717, 1.165) is 27.8 Å². The highest BCUT2D eigenvalue weighted by atomic mass is 32.1. The summed E-state index contributed by atoms with van der Waals surface area (Å²) >= 11 is 1.52. The second kappa shape index (κ2) is 7.58. The van der Waals surface area contributed by atoms with Crippen LogP contribution < -0.4 is 5.32 Å². The van der Waals surface area contributed by atoms with Crippen LogP contribution >= 0.6 is 11.3 Å². The van der Waals surface area contributed by atoms with Crippen LogP contribution in [0.2, 0.25) is 0 Å². The lowest BCUT2D eigenvalue weighted by Crippen LogP contribution is -2.00. The molecule has 0 atom stereocenters. The van der Waals surface area contributed by atoms with E-state index in [1.165, 1.54) is 49.5 Å². The third kappa shape index (κ3) is 4.75. The minimum absolute atomic E-state index is 0.196. The topological polar surface area (TPSA) is 24.9 Å². The lowest BCUT2D eigenvalue weighted by Gasteiger charge is -2.04. The fourth-order valence-electron chi connectivity index (χ4n) is 2.20. The summed E-state index contributed by atoms with van der Waals surface area (Å²) < 4.78 is 14.0. The van der Waals surface area contributed by atoms with Crippen LogP contribution in [0.4, 0.5) is 9.52 Å². The minimum Gasteiger partial charge on any atom is -0.361 e. The molecule has 110 valence electrons. The molecular formula is C16H23FN2S. The first-order valence-electron chi connectivity index (χ1n) is 7.45. The second-order valence-corrected chi connectivity index (χ2v) is 6.69. The molecule has 1 aromatic carbocycles. The molecule has 0 fully saturated rings.